The van der Waals surface area contributed by atoms with Crippen LogP contribution >= 0.6 is 15.9 Å². The van der Waals surface area contributed by atoms with Gasteiger partial charge in [-0.15, -0.1) is 0 Å². The molecule has 0 fully saturated rings. The van der Waals surface area contributed by atoms with Gasteiger partial charge >= 0.3 is 0 Å². The summed E-state index contributed by atoms with van der Waals surface area (Å²) >= 11 is 3.34. The van der Waals surface area contributed by atoms with Crippen LogP contribution in [-0.4, -0.2) is 12.5 Å². The summed E-state index contributed by atoms with van der Waals surface area (Å²) in [4.78, 5) is 12.1. The van der Waals surface area contributed by atoms with E-state index < -0.39 is 5.91 Å². The summed E-state index contributed by atoms with van der Waals surface area (Å²) in [5.41, 5.74) is 2.04. The Morgan fingerprint density at radius 2 is 1.80 bits per heavy atom. The van der Waals surface area contributed by atoms with Crippen LogP contribution in [0.3, 0.4) is 0 Å². The molecule has 0 saturated heterocycles. The average Bonchev–Trinajstić information content (AvgIpc) is 2.64. The number of halogens is 1. The standard InChI is InChI=1S/C20H20BrN3O/c21-18-9-11-19(12-10-18)24-20(25)17(14-22)15-23-13-5-4-8-16-6-2-1-3-7-16/h1-3,6-7,9-12,15,23H,4-5,8,13H2,(H,24,25)/b17-15-. The van der Waals surface area contributed by atoms with Crippen molar-refractivity contribution in [2.75, 3.05) is 11.9 Å². The highest BCUT2D eigenvalue weighted by atomic mass is 79.9. The van der Waals surface area contributed by atoms with Gasteiger partial charge in [0.1, 0.15) is 11.6 Å². The molecule has 0 aliphatic carbocycles. The molecule has 5 heteroatoms. The van der Waals surface area contributed by atoms with Crippen molar-refractivity contribution in [3.8, 4) is 6.07 Å². The van der Waals surface area contributed by atoms with Gasteiger partial charge in [-0.3, -0.25) is 4.79 Å². The maximum absolute atomic E-state index is 12.1. The molecular weight excluding hydrogens is 378 g/mol. The van der Waals surface area contributed by atoms with E-state index in [1.807, 2.05) is 36.4 Å². The fraction of sp³-hybridized carbons (Fsp3) is 0.200. The van der Waals surface area contributed by atoms with Gasteiger partial charge in [0, 0.05) is 22.9 Å². The molecule has 0 heterocycles. The summed E-state index contributed by atoms with van der Waals surface area (Å²) in [6.45, 7) is 0.726. The van der Waals surface area contributed by atoms with Crippen molar-refractivity contribution in [3.63, 3.8) is 0 Å². The van der Waals surface area contributed by atoms with E-state index in [1.165, 1.54) is 11.8 Å². The molecule has 1 amide bonds. The minimum absolute atomic E-state index is 0.0611. The SMILES string of the molecule is N#C/C(=C/NCCCCc1ccccc1)C(=O)Nc1ccc(Br)cc1. The number of unbranched alkanes of at least 4 members (excludes halogenated alkanes) is 1. The van der Waals surface area contributed by atoms with Gasteiger partial charge in [-0.2, -0.15) is 5.26 Å². The third-order valence-corrected chi connectivity index (χ3v) is 4.12. The fourth-order valence-electron chi connectivity index (χ4n) is 2.26. The molecule has 128 valence electrons. The van der Waals surface area contributed by atoms with Crippen LogP contribution in [0.2, 0.25) is 0 Å². The van der Waals surface area contributed by atoms with Crippen molar-refractivity contribution < 1.29 is 4.79 Å². The summed E-state index contributed by atoms with van der Waals surface area (Å²) in [5.74, 6) is -0.415. The van der Waals surface area contributed by atoms with Crippen molar-refractivity contribution in [1.29, 1.82) is 5.26 Å². The maximum Gasteiger partial charge on any atom is 0.267 e. The van der Waals surface area contributed by atoms with Crippen LogP contribution in [0.4, 0.5) is 5.69 Å². The summed E-state index contributed by atoms with van der Waals surface area (Å²) in [5, 5.41) is 14.9. The number of nitriles is 1. The molecule has 2 rings (SSSR count). The number of nitrogens with one attached hydrogen (secondary N) is 2. The van der Waals surface area contributed by atoms with Crippen LogP contribution < -0.4 is 10.6 Å². The summed E-state index contributed by atoms with van der Waals surface area (Å²) in [6.07, 6.45) is 4.54. The highest BCUT2D eigenvalue weighted by Gasteiger charge is 2.08. The Kier molecular flexibility index (Phi) is 7.74. The minimum Gasteiger partial charge on any atom is -0.390 e. The second kappa shape index (κ2) is 10.3. The van der Waals surface area contributed by atoms with E-state index in [2.05, 4.69) is 38.7 Å². The predicted molar refractivity (Wildman–Crippen MR) is 104 cm³/mol. The number of rotatable bonds is 8. The molecule has 0 radical (unpaired) electrons. The highest BCUT2D eigenvalue weighted by Crippen LogP contribution is 2.14. The summed E-state index contributed by atoms with van der Waals surface area (Å²) < 4.78 is 0.929. The largest absolute Gasteiger partial charge is 0.390 e. The van der Waals surface area contributed by atoms with Crippen LogP contribution in [0.1, 0.15) is 18.4 Å². The number of hydrogen-bond acceptors (Lipinski definition) is 3. The Morgan fingerprint density at radius 1 is 1.08 bits per heavy atom. The molecule has 0 aliphatic heterocycles. The molecule has 25 heavy (non-hydrogen) atoms. The molecule has 2 N–H and O–H groups in total. The summed E-state index contributed by atoms with van der Waals surface area (Å²) in [6, 6.07) is 19.5. The number of carbonyl (C=O) groups excluding carboxylic acids is 1. The Morgan fingerprint density at radius 3 is 2.48 bits per heavy atom. The van der Waals surface area contributed by atoms with Crippen molar-refractivity contribution in [1.82, 2.24) is 5.32 Å². The Labute approximate surface area is 156 Å². The van der Waals surface area contributed by atoms with E-state index in [0.717, 1.165) is 30.3 Å². The van der Waals surface area contributed by atoms with Gasteiger partial charge in [-0.1, -0.05) is 46.3 Å². The normalized spacial score (nSPS) is 10.8. The number of aryl methyl sites for hydroxylation is 1. The third-order valence-electron chi connectivity index (χ3n) is 3.59. The van der Waals surface area contributed by atoms with Crippen LogP contribution in [-0.2, 0) is 11.2 Å². The van der Waals surface area contributed by atoms with Crippen LogP contribution in [0, 0.1) is 11.3 Å². The lowest BCUT2D eigenvalue weighted by molar-refractivity contribution is -0.112. The zero-order chi connectivity index (χ0) is 17.9. The predicted octanol–water partition coefficient (Wildman–Crippen LogP) is 4.41. The lowest BCUT2D eigenvalue weighted by Crippen LogP contribution is -2.17. The zero-order valence-electron chi connectivity index (χ0n) is 13.8. The Balaban J connectivity index is 1.73. The molecule has 0 bridgehead atoms. The second-order valence-corrected chi connectivity index (χ2v) is 6.44. The first-order valence-electron chi connectivity index (χ1n) is 8.13. The Hall–Kier alpha value is -2.58. The van der Waals surface area contributed by atoms with E-state index in [1.54, 1.807) is 12.1 Å². The monoisotopic (exact) mass is 397 g/mol. The maximum atomic E-state index is 12.1. The van der Waals surface area contributed by atoms with Gasteiger partial charge in [-0.25, -0.2) is 0 Å². The van der Waals surface area contributed by atoms with Gasteiger partial charge in [0.2, 0.25) is 0 Å². The van der Waals surface area contributed by atoms with E-state index in [-0.39, 0.29) is 5.57 Å². The van der Waals surface area contributed by atoms with Crippen LogP contribution in [0.15, 0.2) is 70.8 Å². The molecule has 0 aromatic heterocycles. The molecule has 0 saturated carbocycles. The van der Waals surface area contributed by atoms with Crippen molar-refractivity contribution in [2.45, 2.75) is 19.3 Å². The number of carbonyl (C=O) groups is 1. The zero-order valence-corrected chi connectivity index (χ0v) is 15.4. The molecule has 0 unspecified atom stereocenters. The Bertz CT molecular complexity index is 749. The van der Waals surface area contributed by atoms with Crippen molar-refractivity contribution in [2.24, 2.45) is 0 Å². The van der Waals surface area contributed by atoms with Gasteiger partial charge in [0.25, 0.3) is 5.91 Å². The van der Waals surface area contributed by atoms with Gasteiger partial charge < -0.3 is 10.6 Å². The summed E-state index contributed by atoms with van der Waals surface area (Å²) in [7, 11) is 0. The number of amides is 1. The first-order chi connectivity index (χ1) is 12.2. The molecule has 0 atom stereocenters. The van der Waals surface area contributed by atoms with E-state index in [4.69, 9.17) is 5.26 Å². The number of nitrogens with zero attached hydrogens (tertiary/aromatic N) is 1. The third kappa shape index (κ3) is 6.82. The van der Waals surface area contributed by atoms with E-state index >= 15 is 0 Å². The first-order valence-corrected chi connectivity index (χ1v) is 8.93. The molecular formula is C20H20BrN3O. The average molecular weight is 398 g/mol. The van der Waals surface area contributed by atoms with Crippen LogP contribution in [0.25, 0.3) is 0 Å². The molecule has 2 aromatic carbocycles. The molecule has 0 aliphatic rings. The van der Waals surface area contributed by atoms with E-state index in [0.29, 0.717) is 5.69 Å². The number of benzene rings is 2. The lowest BCUT2D eigenvalue weighted by Gasteiger charge is -2.05. The lowest BCUT2D eigenvalue weighted by atomic mass is 10.1. The topological polar surface area (TPSA) is 64.9 Å². The molecule has 0 spiro atoms. The van der Waals surface area contributed by atoms with Crippen LogP contribution in [0.5, 0.6) is 0 Å². The smallest absolute Gasteiger partial charge is 0.267 e. The first kappa shape index (κ1) is 18.8. The fourth-order valence-corrected chi connectivity index (χ4v) is 2.52. The number of hydrogen-bond donors (Lipinski definition) is 2. The number of anilines is 1. The van der Waals surface area contributed by atoms with Gasteiger partial charge in [0.15, 0.2) is 0 Å². The quantitative estimate of drug-likeness (QED) is 0.393. The highest BCUT2D eigenvalue weighted by molar-refractivity contribution is 9.10. The molecule has 2 aromatic rings. The van der Waals surface area contributed by atoms with Gasteiger partial charge in [0.05, 0.1) is 0 Å². The molecule has 4 nitrogen and oxygen atoms in total. The van der Waals surface area contributed by atoms with E-state index in [9.17, 15) is 4.79 Å². The minimum atomic E-state index is -0.415. The second-order valence-electron chi connectivity index (χ2n) is 5.53. The van der Waals surface area contributed by atoms with Gasteiger partial charge in [-0.05, 0) is 49.1 Å². The van der Waals surface area contributed by atoms with Crippen molar-refractivity contribution >= 4 is 27.5 Å². The van der Waals surface area contributed by atoms with Crippen molar-refractivity contribution in [3.05, 3.63) is 76.4 Å².